The van der Waals surface area contributed by atoms with Gasteiger partial charge in [0.25, 0.3) is 5.91 Å². The summed E-state index contributed by atoms with van der Waals surface area (Å²) in [4.78, 5) is 14.2. The SMILES string of the molecule is CN(Cc1ccccc1)c1ccc(NC(=O)c2ccc(F)c(F)c2)cc1. The van der Waals surface area contributed by atoms with E-state index in [-0.39, 0.29) is 5.56 Å². The van der Waals surface area contributed by atoms with Crippen molar-refractivity contribution in [3.63, 3.8) is 0 Å². The van der Waals surface area contributed by atoms with E-state index in [0.717, 1.165) is 24.4 Å². The van der Waals surface area contributed by atoms with Crippen molar-refractivity contribution in [2.75, 3.05) is 17.3 Å². The minimum absolute atomic E-state index is 0.0640. The van der Waals surface area contributed by atoms with Crippen molar-refractivity contribution in [3.05, 3.63) is 95.6 Å². The van der Waals surface area contributed by atoms with Crippen molar-refractivity contribution in [2.45, 2.75) is 6.54 Å². The number of nitrogens with zero attached hydrogens (tertiary/aromatic N) is 1. The van der Waals surface area contributed by atoms with Gasteiger partial charge in [0.2, 0.25) is 0 Å². The maximum absolute atomic E-state index is 13.2. The van der Waals surface area contributed by atoms with Crippen molar-refractivity contribution in [1.29, 1.82) is 0 Å². The van der Waals surface area contributed by atoms with Crippen LogP contribution in [0.25, 0.3) is 0 Å². The molecule has 3 aromatic carbocycles. The van der Waals surface area contributed by atoms with Crippen molar-refractivity contribution in [3.8, 4) is 0 Å². The third-order valence-corrected chi connectivity index (χ3v) is 4.01. The maximum atomic E-state index is 13.2. The summed E-state index contributed by atoms with van der Waals surface area (Å²) >= 11 is 0. The monoisotopic (exact) mass is 352 g/mol. The van der Waals surface area contributed by atoms with Crippen LogP contribution >= 0.6 is 0 Å². The predicted octanol–water partition coefficient (Wildman–Crippen LogP) is 4.85. The van der Waals surface area contributed by atoms with E-state index in [9.17, 15) is 13.6 Å². The van der Waals surface area contributed by atoms with E-state index in [1.807, 2.05) is 37.4 Å². The molecule has 0 unspecified atom stereocenters. The summed E-state index contributed by atoms with van der Waals surface area (Å²) in [6, 6.07) is 20.5. The molecular formula is C21H18F2N2O. The molecule has 0 aliphatic rings. The van der Waals surface area contributed by atoms with Gasteiger partial charge in [-0.3, -0.25) is 4.79 Å². The average molecular weight is 352 g/mol. The lowest BCUT2D eigenvalue weighted by molar-refractivity contribution is 0.102. The number of hydrogen-bond acceptors (Lipinski definition) is 2. The molecule has 0 aliphatic heterocycles. The summed E-state index contributed by atoms with van der Waals surface area (Å²) in [6.07, 6.45) is 0. The van der Waals surface area contributed by atoms with Crippen LogP contribution in [0.4, 0.5) is 20.2 Å². The Kier molecular flexibility index (Phi) is 5.27. The smallest absolute Gasteiger partial charge is 0.255 e. The van der Waals surface area contributed by atoms with Crippen LogP contribution in [0, 0.1) is 11.6 Å². The molecule has 0 saturated heterocycles. The van der Waals surface area contributed by atoms with E-state index < -0.39 is 17.5 Å². The fraction of sp³-hybridized carbons (Fsp3) is 0.0952. The Bertz CT molecular complexity index is 896. The average Bonchev–Trinajstić information content (AvgIpc) is 2.65. The van der Waals surface area contributed by atoms with Crippen molar-refractivity contribution in [1.82, 2.24) is 0 Å². The summed E-state index contributed by atoms with van der Waals surface area (Å²) in [5.41, 5.74) is 2.84. The summed E-state index contributed by atoms with van der Waals surface area (Å²) in [5.74, 6) is -2.52. The van der Waals surface area contributed by atoms with Crippen LogP contribution in [0.2, 0.25) is 0 Å². The van der Waals surface area contributed by atoms with Gasteiger partial charge in [-0.05, 0) is 48.0 Å². The molecule has 26 heavy (non-hydrogen) atoms. The third-order valence-electron chi connectivity index (χ3n) is 4.01. The summed E-state index contributed by atoms with van der Waals surface area (Å²) in [7, 11) is 1.99. The lowest BCUT2D eigenvalue weighted by atomic mass is 10.2. The molecule has 132 valence electrons. The van der Waals surface area contributed by atoms with Crippen LogP contribution < -0.4 is 10.2 Å². The zero-order chi connectivity index (χ0) is 18.5. The molecule has 0 fully saturated rings. The van der Waals surface area contributed by atoms with Gasteiger partial charge in [-0.25, -0.2) is 8.78 Å². The second kappa shape index (κ2) is 7.78. The van der Waals surface area contributed by atoms with Crippen LogP contribution in [0.15, 0.2) is 72.8 Å². The van der Waals surface area contributed by atoms with E-state index in [2.05, 4.69) is 22.3 Å². The van der Waals surface area contributed by atoms with Gasteiger partial charge in [-0.2, -0.15) is 0 Å². The highest BCUT2D eigenvalue weighted by atomic mass is 19.2. The molecule has 0 atom stereocenters. The molecule has 1 amide bonds. The second-order valence-electron chi connectivity index (χ2n) is 5.97. The third kappa shape index (κ3) is 4.25. The van der Waals surface area contributed by atoms with Gasteiger partial charge in [-0.1, -0.05) is 30.3 Å². The Morgan fingerprint density at radius 3 is 2.27 bits per heavy atom. The van der Waals surface area contributed by atoms with Crippen LogP contribution in [0.3, 0.4) is 0 Å². The fourth-order valence-electron chi connectivity index (χ4n) is 2.59. The molecule has 0 aliphatic carbocycles. The Morgan fingerprint density at radius 1 is 0.923 bits per heavy atom. The van der Waals surface area contributed by atoms with E-state index in [0.29, 0.717) is 5.69 Å². The fourth-order valence-corrected chi connectivity index (χ4v) is 2.59. The molecule has 3 nitrogen and oxygen atoms in total. The number of nitrogens with one attached hydrogen (secondary N) is 1. The van der Waals surface area contributed by atoms with E-state index >= 15 is 0 Å². The summed E-state index contributed by atoms with van der Waals surface area (Å²) in [6.45, 7) is 0.765. The predicted molar refractivity (Wildman–Crippen MR) is 99.3 cm³/mol. The zero-order valence-corrected chi connectivity index (χ0v) is 14.2. The Labute approximate surface area is 150 Å². The first-order chi connectivity index (χ1) is 12.5. The Balaban J connectivity index is 1.65. The van der Waals surface area contributed by atoms with Gasteiger partial charge in [0.15, 0.2) is 11.6 Å². The van der Waals surface area contributed by atoms with Crippen molar-refractivity contribution in [2.24, 2.45) is 0 Å². The summed E-state index contributed by atoms with van der Waals surface area (Å²) < 4.78 is 26.2. The molecule has 3 rings (SSSR count). The molecule has 0 aromatic heterocycles. The van der Waals surface area contributed by atoms with Gasteiger partial charge in [0.05, 0.1) is 0 Å². The van der Waals surface area contributed by atoms with Crippen molar-refractivity contribution < 1.29 is 13.6 Å². The van der Waals surface area contributed by atoms with Crippen LogP contribution in [-0.4, -0.2) is 13.0 Å². The Morgan fingerprint density at radius 2 is 1.62 bits per heavy atom. The normalized spacial score (nSPS) is 10.4. The number of carbonyl (C=O) groups excluding carboxylic acids is 1. The molecule has 3 aromatic rings. The van der Waals surface area contributed by atoms with E-state index in [1.54, 1.807) is 12.1 Å². The van der Waals surface area contributed by atoms with Crippen LogP contribution in [0.1, 0.15) is 15.9 Å². The highest BCUT2D eigenvalue weighted by Crippen LogP contribution is 2.19. The minimum atomic E-state index is -1.05. The molecule has 0 spiro atoms. The lowest BCUT2D eigenvalue weighted by Crippen LogP contribution is -2.16. The molecule has 0 saturated carbocycles. The molecular weight excluding hydrogens is 334 g/mol. The van der Waals surface area contributed by atoms with Crippen LogP contribution in [0.5, 0.6) is 0 Å². The first kappa shape index (κ1) is 17.6. The van der Waals surface area contributed by atoms with Gasteiger partial charge in [0, 0.05) is 30.5 Å². The van der Waals surface area contributed by atoms with E-state index in [1.165, 1.54) is 11.6 Å². The zero-order valence-electron chi connectivity index (χ0n) is 14.2. The van der Waals surface area contributed by atoms with Crippen LogP contribution in [-0.2, 0) is 6.54 Å². The van der Waals surface area contributed by atoms with E-state index in [4.69, 9.17) is 0 Å². The molecule has 0 bridgehead atoms. The number of hydrogen-bond donors (Lipinski definition) is 1. The van der Waals surface area contributed by atoms with Gasteiger partial charge >= 0.3 is 0 Å². The maximum Gasteiger partial charge on any atom is 0.255 e. The van der Waals surface area contributed by atoms with Gasteiger partial charge in [-0.15, -0.1) is 0 Å². The largest absolute Gasteiger partial charge is 0.370 e. The highest BCUT2D eigenvalue weighted by Gasteiger charge is 2.10. The molecule has 1 N–H and O–H groups in total. The molecule has 5 heteroatoms. The quantitative estimate of drug-likeness (QED) is 0.712. The number of halogens is 2. The number of benzene rings is 3. The van der Waals surface area contributed by atoms with Crippen molar-refractivity contribution >= 4 is 17.3 Å². The minimum Gasteiger partial charge on any atom is -0.370 e. The number of anilines is 2. The highest BCUT2D eigenvalue weighted by molar-refractivity contribution is 6.04. The first-order valence-corrected chi connectivity index (χ1v) is 8.14. The standard InChI is InChI=1S/C21H18F2N2O/c1-25(14-15-5-3-2-4-6-15)18-10-8-17(9-11-18)24-21(26)16-7-12-19(22)20(23)13-16/h2-13H,14H2,1H3,(H,24,26). The lowest BCUT2D eigenvalue weighted by Gasteiger charge is -2.19. The number of rotatable bonds is 5. The molecule has 0 heterocycles. The second-order valence-corrected chi connectivity index (χ2v) is 5.97. The number of carbonyl (C=O) groups is 1. The first-order valence-electron chi connectivity index (χ1n) is 8.14. The Hall–Kier alpha value is -3.21. The topological polar surface area (TPSA) is 32.3 Å². The summed E-state index contributed by atoms with van der Waals surface area (Å²) in [5, 5.41) is 2.67. The number of amides is 1. The van der Waals surface area contributed by atoms with Gasteiger partial charge < -0.3 is 10.2 Å². The van der Waals surface area contributed by atoms with Gasteiger partial charge in [0.1, 0.15) is 0 Å². The molecule has 0 radical (unpaired) electrons.